The molecule has 21 heavy (non-hydrogen) atoms. The normalized spacial score (nSPS) is 15.5. The minimum atomic E-state index is -0.459. The highest BCUT2D eigenvalue weighted by atomic mass is 16.5. The summed E-state index contributed by atoms with van der Waals surface area (Å²) in [5, 5.41) is 2.77. The number of carbonyl (C=O) groups is 2. The molecule has 0 aromatic heterocycles. The number of para-hydroxylation sites is 1. The van der Waals surface area contributed by atoms with Crippen molar-refractivity contribution in [2.45, 2.75) is 6.42 Å². The second-order valence-corrected chi connectivity index (χ2v) is 4.79. The van der Waals surface area contributed by atoms with E-state index in [9.17, 15) is 9.59 Å². The second-order valence-electron chi connectivity index (χ2n) is 4.79. The molecular weight excluding hydrogens is 272 g/mol. The highest BCUT2D eigenvalue weighted by Gasteiger charge is 2.15. The standard InChI is InChI=1S/C15H20N2O4/c1-20-15(19)12-4-2-3-5-13(12)16-14(18)6-7-17-8-10-21-11-9-17/h2-5H,6-11H2,1H3,(H,16,18). The van der Waals surface area contributed by atoms with Crippen LogP contribution in [0.3, 0.4) is 0 Å². The lowest BCUT2D eigenvalue weighted by Crippen LogP contribution is -2.38. The van der Waals surface area contributed by atoms with Crippen molar-refractivity contribution in [2.24, 2.45) is 0 Å². The molecule has 1 fully saturated rings. The molecule has 0 atom stereocenters. The molecule has 2 rings (SSSR count). The van der Waals surface area contributed by atoms with Gasteiger partial charge >= 0.3 is 5.97 Å². The van der Waals surface area contributed by atoms with Crippen LogP contribution < -0.4 is 5.32 Å². The van der Waals surface area contributed by atoms with Gasteiger partial charge in [-0.15, -0.1) is 0 Å². The molecule has 1 aromatic rings. The monoisotopic (exact) mass is 292 g/mol. The van der Waals surface area contributed by atoms with E-state index in [1.54, 1.807) is 24.3 Å². The largest absolute Gasteiger partial charge is 0.465 e. The molecule has 1 heterocycles. The highest BCUT2D eigenvalue weighted by Crippen LogP contribution is 2.16. The van der Waals surface area contributed by atoms with Gasteiger partial charge in [-0.1, -0.05) is 12.1 Å². The molecule has 1 aliphatic rings. The quantitative estimate of drug-likeness (QED) is 0.824. The lowest BCUT2D eigenvalue weighted by molar-refractivity contribution is -0.116. The molecule has 1 aliphatic heterocycles. The molecule has 0 spiro atoms. The van der Waals surface area contributed by atoms with Gasteiger partial charge in [0.25, 0.3) is 0 Å². The molecule has 1 N–H and O–H groups in total. The van der Waals surface area contributed by atoms with Crippen LogP contribution in [-0.2, 0) is 14.3 Å². The lowest BCUT2D eigenvalue weighted by Gasteiger charge is -2.26. The Labute approximate surface area is 124 Å². The Morgan fingerprint density at radius 2 is 2.00 bits per heavy atom. The Hall–Kier alpha value is -1.92. The number of rotatable bonds is 5. The molecule has 114 valence electrons. The number of hydrogen-bond acceptors (Lipinski definition) is 5. The van der Waals surface area contributed by atoms with E-state index < -0.39 is 5.97 Å². The smallest absolute Gasteiger partial charge is 0.339 e. The van der Waals surface area contributed by atoms with E-state index in [1.165, 1.54) is 7.11 Å². The fraction of sp³-hybridized carbons (Fsp3) is 0.467. The van der Waals surface area contributed by atoms with Gasteiger partial charge in [-0.2, -0.15) is 0 Å². The van der Waals surface area contributed by atoms with Crippen LogP contribution in [0.1, 0.15) is 16.8 Å². The third-order valence-corrected chi connectivity index (χ3v) is 3.37. The molecule has 1 aromatic carbocycles. The number of esters is 1. The molecule has 0 bridgehead atoms. The van der Waals surface area contributed by atoms with E-state index >= 15 is 0 Å². The maximum atomic E-state index is 12.0. The number of ether oxygens (including phenoxy) is 2. The van der Waals surface area contributed by atoms with E-state index in [0.717, 1.165) is 13.1 Å². The summed E-state index contributed by atoms with van der Waals surface area (Å²) in [6.07, 6.45) is 0.384. The van der Waals surface area contributed by atoms with Crippen molar-refractivity contribution < 1.29 is 19.1 Å². The third kappa shape index (κ3) is 4.54. The molecule has 0 unspecified atom stereocenters. The summed E-state index contributed by atoms with van der Waals surface area (Å²) in [5.41, 5.74) is 0.844. The predicted octanol–water partition coefficient (Wildman–Crippen LogP) is 1.13. The summed E-state index contributed by atoms with van der Waals surface area (Å²) in [6, 6.07) is 6.82. The van der Waals surface area contributed by atoms with Crippen molar-refractivity contribution in [1.82, 2.24) is 4.90 Å². The van der Waals surface area contributed by atoms with Gasteiger partial charge in [0.15, 0.2) is 0 Å². The van der Waals surface area contributed by atoms with Crippen molar-refractivity contribution in [1.29, 1.82) is 0 Å². The second kappa shape index (κ2) is 7.75. The number of nitrogens with zero attached hydrogens (tertiary/aromatic N) is 1. The zero-order valence-electron chi connectivity index (χ0n) is 12.1. The lowest BCUT2D eigenvalue weighted by atomic mass is 10.1. The number of amides is 1. The van der Waals surface area contributed by atoms with Gasteiger partial charge < -0.3 is 14.8 Å². The van der Waals surface area contributed by atoms with Crippen molar-refractivity contribution in [2.75, 3.05) is 45.3 Å². The average Bonchev–Trinajstić information content (AvgIpc) is 2.54. The Bertz CT molecular complexity index is 498. The van der Waals surface area contributed by atoms with Crippen LogP contribution >= 0.6 is 0 Å². The summed E-state index contributed by atoms with van der Waals surface area (Å²) in [6.45, 7) is 3.83. The van der Waals surface area contributed by atoms with Crippen LogP contribution in [0, 0.1) is 0 Å². The van der Waals surface area contributed by atoms with Gasteiger partial charge in [0.1, 0.15) is 0 Å². The number of hydrogen-bond donors (Lipinski definition) is 1. The first-order valence-electron chi connectivity index (χ1n) is 6.98. The number of nitrogens with one attached hydrogen (secondary N) is 1. The predicted molar refractivity (Wildman–Crippen MR) is 78.3 cm³/mol. The SMILES string of the molecule is COC(=O)c1ccccc1NC(=O)CCN1CCOCC1. The van der Waals surface area contributed by atoms with Crippen molar-refractivity contribution in [3.8, 4) is 0 Å². The van der Waals surface area contributed by atoms with E-state index in [0.29, 0.717) is 37.4 Å². The maximum Gasteiger partial charge on any atom is 0.339 e. The van der Waals surface area contributed by atoms with E-state index in [-0.39, 0.29) is 5.91 Å². The number of anilines is 1. The number of morpholine rings is 1. The summed E-state index contributed by atoms with van der Waals surface area (Å²) >= 11 is 0. The number of benzene rings is 1. The van der Waals surface area contributed by atoms with Crippen LogP contribution in [0.15, 0.2) is 24.3 Å². The van der Waals surface area contributed by atoms with Crippen LogP contribution in [0.25, 0.3) is 0 Å². The molecule has 0 aliphatic carbocycles. The summed E-state index contributed by atoms with van der Waals surface area (Å²) in [5.74, 6) is -0.572. The van der Waals surface area contributed by atoms with Gasteiger partial charge in [-0.3, -0.25) is 9.69 Å². The van der Waals surface area contributed by atoms with E-state index in [1.807, 2.05) is 0 Å². The molecule has 1 amide bonds. The highest BCUT2D eigenvalue weighted by molar-refractivity contribution is 6.01. The first kappa shape index (κ1) is 15.5. The van der Waals surface area contributed by atoms with E-state index in [2.05, 4.69) is 10.2 Å². The van der Waals surface area contributed by atoms with Crippen LogP contribution in [0.4, 0.5) is 5.69 Å². The first-order chi connectivity index (χ1) is 10.2. The van der Waals surface area contributed by atoms with Crippen molar-refractivity contribution in [3.63, 3.8) is 0 Å². The summed E-state index contributed by atoms with van der Waals surface area (Å²) in [4.78, 5) is 25.8. The van der Waals surface area contributed by atoms with Gasteiger partial charge in [-0.05, 0) is 12.1 Å². The molecular formula is C15H20N2O4. The Morgan fingerprint density at radius 3 is 2.71 bits per heavy atom. The van der Waals surface area contributed by atoms with Gasteiger partial charge in [0.05, 0.1) is 31.6 Å². The van der Waals surface area contributed by atoms with Gasteiger partial charge in [-0.25, -0.2) is 4.79 Å². The van der Waals surface area contributed by atoms with Crippen LogP contribution in [0.5, 0.6) is 0 Å². The summed E-state index contributed by atoms with van der Waals surface area (Å²) in [7, 11) is 1.32. The van der Waals surface area contributed by atoms with Crippen molar-refractivity contribution >= 4 is 17.6 Å². The Kier molecular flexibility index (Phi) is 5.71. The average molecular weight is 292 g/mol. The molecule has 6 heteroatoms. The van der Waals surface area contributed by atoms with E-state index in [4.69, 9.17) is 9.47 Å². The molecule has 6 nitrogen and oxygen atoms in total. The fourth-order valence-corrected chi connectivity index (χ4v) is 2.18. The molecule has 0 saturated carbocycles. The van der Waals surface area contributed by atoms with Gasteiger partial charge in [0.2, 0.25) is 5.91 Å². The fourth-order valence-electron chi connectivity index (χ4n) is 2.18. The Balaban J connectivity index is 1.88. The minimum absolute atomic E-state index is 0.113. The zero-order valence-corrected chi connectivity index (χ0v) is 12.1. The van der Waals surface area contributed by atoms with Crippen LogP contribution in [0.2, 0.25) is 0 Å². The first-order valence-corrected chi connectivity index (χ1v) is 6.98. The maximum absolute atomic E-state index is 12.0. The zero-order chi connectivity index (χ0) is 15.1. The van der Waals surface area contributed by atoms with Crippen LogP contribution in [-0.4, -0.2) is 56.7 Å². The van der Waals surface area contributed by atoms with Crippen molar-refractivity contribution in [3.05, 3.63) is 29.8 Å². The minimum Gasteiger partial charge on any atom is -0.465 e. The number of carbonyl (C=O) groups excluding carboxylic acids is 2. The topological polar surface area (TPSA) is 67.9 Å². The summed E-state index contributed by atoms with van der Waals surface area (Å²) < 4.78 is 9.96. The number of methoxy groups -OCH3 is 1. The van der Waals surface area contributed by atoms with Gasteiger partial charge in [0, 0.05) is 26.1 Å². The Morgan fingerprint density at radius 1 is 1.29 bits per heavy atom. The third-order valence-electron chi connectivity index (χ3n) is 3.37. The molecule has 0 radical (unpaired) electrons. The molecule has 1 saturated heterocycles.